The fourth-order valence-electron chi connectivity index (χ4n) is 6.11. The van der Waals surface area contributed by atoms with Gasteiger partial charge in [-0.3, -0.25) is 13.9 Å². The summed E-state index contributed by atoms with van der Waals surface area (Å²) < 4.78 is 30.6. The average molecular weight is 717 g/mol. The lowest BCUT2D eigenvalue weighted by atomic mass is 9.94. The molecule has 0 aliphatic heterocycles. The molecule has 47 heavy (non-hydrogen) atoms. The van der Waals surface area contributed by atoms with Crippen molar-refractivity contribution < 1.29 is 18.0 Å². The van der Waals surface area contributed by atoms with Crippen molar-refractivity contribution in [1.29, 1.82) is 0 Å². The third-order valence-electron chi connectivity index (χ3n) is 8.73. The molecule has 1 atom stereocenters. The van der Waals surface area contributed by atoms with Crippen molar-refractivity contribution in [1.82, 2.24) is 10.2 Å². The first-order valence-corrected chi connectivity index (χ1v) is 18.4. The number of aryl methyl sites for hydroxylation is 2. The number of benzene rings is 4. The van der Waals surface area contributed by atoms with E-state index >= 15 is 0 Å². The van der Waals surface area contributed by atoms with E-state index in [0.717, 1.165) is 58.8 Å². The van der Waals surface area contributed by atoms with Crippen molar-refractivity contribution in [3.05, 3.63) is 130 Å². The summed E-state index contributed by atoms with van der Waals surface area (Å²) in [6, 6.07) is 30.2. The molecule has 0 spiro atoms. The molecule has 5 rings (SSSR count). The van der Waals surface area contributed by atoms with Crippen LogP contribution >= 0.6 is 15.9 Å². The first-order valence-electron chi connectivity index (χ1n) is 16.1. The van der Waals surface area contributed by atoms with Gasteiger partial charge in [0.1, 0.15) is 12.6 Å². The van der Waals surface area contributed by atoms with Crippen LogP contribution in [-0.4, -0.2) is 43.8 Å². The Bertz CT molecular complexity index is 1760. The number of sulfonamides is 1. The van der Waals surface area contributed by atoms with Crippen molar-refractivity contribution in [3.8, 4) is 0 Å². The topological polar surface area (TPSA) is 86.8 Å². The lowest BCUT2D eigenvalue weighted by Gasteiger charge is -2.35. The van der Waals surface area contributed by atoms with Crippen LogP contribution in [0.3, 0.4) is 0 Å². The Hall–Kier alpha value is -3.95. The van der Waals surface area contributed by atoms with Gasteiger partial charge in [-0.25, -0.2) is 8.42 Å². The molecule has 1 N–H and O–H groups in total. The highest BCUT2D eigenvalue weighted by Crippen LogP contribution is 2.29. The van der Waals surface area contributed by atoms with E-state index < -0.39 is 28.5 Å². The molecule has 1 saturated carbocycles. The SMILES string of the molecule is Cc1ccc(C)c(N(CC(=O)N(Cc2ccc(Br)cc2)[C@@H](Cc2ccccc2)C(=O)NC2CCCCC2)S(=O)(=O)c2ccccc2)c1. The van der Waals surface area contributed by atoms with Crippen LogP contribution in [0.5, 0.6) is 0 Å². The summed E-state index contributed by atoms with van der Waals surface area (Å²) in [7, 11) is -4.15. The molecule has 0 heterocycles. The minimum Gasteiger partial charge on any atom is -0.352 e. The molecule has 0 aromatic heterocycles. The van der Waals surface area contributed by atoms with Crippen LogP contribution in [0.4, 0.5) is 5.69 Å². The minimum atomic E-state index is -4.15. The Labute approximate surface area is 287 Å². The van der Waals surface area contributed by atoms with Crippen molar-refractivity contribution in [2.45, 2.75) is 75.9 Å². The standard InChI is InChI=1S/C38H42BrN3O4S/c1-28-18-19-29(2)35(24-28)42(47(45,46)34-16-10-5-11-17-34)27-37(43)41(26-31-20-22-32(39)23-21-31)36(25-30-12-6-3-7-13-30)38(44)40-33-14-8-4-9-15-33/h3,5-7,10-13,16-24,33,36H,4,8-9,14-15,25-27H2,1-2H3,(H,40,44)/t36-/m0/s1. The van der Waals surface area contributed by atoms with Gasteiger partial charge < -0.3 is 10.2 Å². The smallest absolute Gasteiger partial charge is 0.264 e. The fourth-order valence-corrected chi connectivity index (χ4v) is 7.86. The van der Waals surface area contributed by atoms with E-state index in [1.807, 2.05) is 80.6 Å². The highest BCUT2D eigenvalue weighted by molar-refractivity contribution is 9.10. The summed E-state index contributed by atoms with van der Waals surface area (Å²) in [5.41, 5.74) is 3.75. The Morgan fingerprint density at radius 1 is 0.830 bits per heavy atom. The first-order chi connectivity index (χ1) is 22.6. The predicted molar refractivity (Wildman–Crippen MR) is 191 cm³/mol. The van der Waals surface area contributed by atoms with Gasteiger partial charge in [-0.2, -0.15) is 0 Å². The number of halogens is 1. The molecule has 0 bridgehead atoms. The van der Waals surface area contributed by atoms with Gasteiger partial charge in [-0.05, 0) is 79.3 Å². The van der Waals surface area contributed by atoms with Gasteiger partial charge in [-0.1, -0.05) is 108 Å². The van der Waals surface area contributed by atoms with Gasteiger partial charge in [0.2, 0.25) is 11.8 Å². The Morgan fingerprint density at radius 2 is 1.47 bits per heavy atom. The molecular weight excluding hydrogens is 674 g/mol. The maximum Gasteiger partial charge on any atom is 0.264 e. The fraction of sp³-hybridized carbons (Fsp3) is 0.316. The molecule has 1 aliphatic rings. The lowest BCUT2D eigenvalue weighted by molar-refractivity contribution is -0.140. The van der Waals surface area contributed by atoms with E-state index in [-0.39, 0.29) is 29.8 Å². The molecule has 246 valence electrons. The Morgan fingerprint density at radius 3 is 2.13 bits per heavy atom. The van der Waals surface area contributed by atoms with Crippen LogP contribution in [0, 0.1) is 13.8 Å². The van der Waals surface area contributed by atoms with E-state index in [2.05, 4.69) is 21.2 Å². The highest BCUT2D eigenvalue weighted by Gasteiger charge is 2.35. The number of hydrogen-bond acceptors (Lipinski definition) is 4. The van der Waals surface area contributed by atoms with Crippen LogP contribution in [0.1, 0.15) is 54.4 Å². The number of nitrogens with zero attached hydrogens (tertiary/aromatic N) is 2. The van der Waals surface area contributed by atoms with Crippen molar-refractivity contribution >= 4 is 43.5 Å². The van der Waals surface area contributed by atoms with Crippen LogP contribution in [-0.2, 0) is 32.6 Å². The molecule has 1 aliphatic carbocycles. The number of rotatable bonds is 12. The van der Waals surface area contributed by atoms with Crippen molar-refractivity contribution in [3.63, 3.8) is 0 Å². The van der Waals surface area contributed by atoms with Gasteiger partial charge in [0, 0.05) is 23.5 Å². The molecule has 7 nitrogen and oxygen atoms in total. The number of anilines is 1. The van der Waals surface area contributed by atoms with Crippen LogP contribution in [0.2, 0.25) is 0 Å². The second-order valence-corrected chi connectivity index (χ2v) is 15.1. The Balaban J connectivity index is 1.58. The zero-order valence-corrected chi connectivity index (χ0v) is 29.3. The third-order valence-corrected chi connectivity index (χ3v) is 11.0. The number of carbonyl (C=O) groups is 2. The van der Waals surface area contributed by atoms with Crippen LogP contribution < -0.4 is 9.62 Å². The summed E-state index contributed by atoms with van der Waals surface area (Å²) in [5.74, 6) is -0.691. The van der Waals surface area contributed by atoms with Crippen molar-refractivity contribution in [2.24, 2.45) is 0 Å². The molecule has 2 amide bonds. The van der Waals surface area contributed by atoms with Gasteiger partial charge >= 0.3 is 0 Å². The molecule has 0 unspecified atom stereocenters. The third kappa shape index (κ3) is 8.90. The number of nitrogens with one attached hydrogen (secondary N) is 1. The lowest BCUT2D eigenvalue weighted by Crippen LogP contribution is -2.55. The minimum absolute atomic E-state index is 0.0454. The maximum atomic E-state index is 14.7. The van der Waals surface area contributed by atoms with Crippen molar-refractivity contribution in [2.75, 3.05) is 10.8 Å². The molecule has 9 heteroatoms. The van der Waals surface area contributed by atoms with E-state index in [4.69, 9.17) is 0 Å². The maximum absolute atomic E-state index is 14.7. The number of carbonyl (C=O) groups excluding carboxylic acids is 2. The summed E-state index contributed by atoms with van der Waals surface area (Å²) in [5, 5.41) is 3.25. The van der Waals surface area contributed by atoms with Gasteiger partial charge in [0.05, 0.1) is 10.6 Å². The normalized spacial score (nSPS) is 14.3. The monoisotopic (exact) mass is 715 g/mol. The van der Waals surface area contributed by atoms with Gasteiger partial charge in [0.15, 0.2) is 0 Å². The molecule has 4 aromatic carbocycles. The second kappa shape index (κ2) is 15.8. The van der Waals surface area contributed by atoms with Crippen LogP contribution in [0.25, 0.3) is 0 Å². The van der Waals surface area contributed by atoms with Crippen LogP contribution in [0.15, 0.2) is 112 Å². The van der Waals surface area contributed by atoms with E-state index in [0.29, 0.717) is 5.69 Å². The van der Waals surface area contributed by atoms with E-state index in [1.54, 1.807) is 29.2 Å². The first kappa shape index (κ1) is 34.4. The summed E-state index contributed by atoms with van der Waals surface area (Å²) in [4.78, 5) is 30.6. The van der Waals surface area contributed by atoms with Gasteiger partial charge in [0.25, 0.3) is 10.0 Å². The Kier molecular flexibility index (Phi) is 11.5. The zero-order valence-electron chi connectivity index (χ0n) is 26.9. The number of amides is 2. The second-order valence-electron chi connectivity index (χ2n) is 12.3. The molecule has 0 radical (unpaired) electrons. The molecule has 4 aromatic rings. The summed E-state index contributed by atoms with van der Waals surface area (Å²) >= 11 is 3.49. The molecular formula is C38H42BrN3O4S. The van der Waals surface area contributed by atoms with E-state index in [1.165, 1.54) is 16.4 Å². The molecule has 1 fully saturated rings. The zero-order chi connectivity index (χ0) is 33.4. The number of hydrogen-bond donors (Lipinski definition) is 1. The average Bonchev–Trinajstić information content (AvgIpc) is 3.08. The molecule has 0 saturated heterocycles. The van der Waals surface area contributed by atoms with Gasteiger partial charge in [-0.15, -0.1) is 0 Å². The summed E-state index contributed by atoms with van der Waals surface area (Å²) in [6.45, 7) is 3.39. The van der Waals surface area contributed by atoms with E-state index in [9.17, 15) is 18.0 Å². The highest BCUT2D eigenvalue weighted by atomic mass is 79.9. The predicted octanol–water partition coefficient (Wildman–Crippen LogP) is 7.35. The summed E-state index contributed by atoms with van der Waals surface area (Å²) in [6.07, 6.45) is 5.35. The largest absolute Gasteiger partial charge is 0.352 e. The quantitative estimate of drug-likeness (QED) is 0.166.